The van der Waals surface area contributed by atoms with Crippen molar-refractivity contribution < 1.29 is 9.59 Å². The predicted octanol–water partition coefficient (Wildman–Crippen LogP) is -0.0245. The highest BCUT2D eigenvalue weighted by atomic mass is 32.2. The first-order valence-electron chi connectivity index (χ1n) is 5.60. The van der Waals surface area contributed by atoms with E-state index in [9.17, 15) is 9.59 Å². The maximum atomic E-state index is 11.5. The highest BCUT2D eigenvalue weighted by Crippen LogP contribution is 2.21. The van der Waals surface area contributed by atoms with E-state index < -0.39 is 0 Å². The zero-order chi connectivity index (χ0) is 11.5. The zero-order valence-corrected chi connectivity index (χ0v) is 10.3. The minimum absolute atomic E-state index is 0.00639. The van der Waals surface area contributed by atoms with Gasteiger partial charge in [0.15, 0.2) is 0 Å². The maximum absolute atomic E-state index is 11.5. The van der Waals surface area contributed by atoms with Crippen LogP contribution in [0.4, 0.5) is 4.79 Å². The van der Waals surface area contributed by atoms with Crippen molar-refractivity contribution in [3.8, 4) is 0 Å². The number of carbonyl (C=O) groups excluding carboxylic acids is 2. The van der Waals surface area contributed by atoms with Gasteiger partial charge in [-0.05, 0) is 6.92 Å². The van der Waals surface area contributed by atoms with Crippen LogP contribution >= 0.6 is 11.8 Å². The molecule has 5 nitrogen and oxygen atoms in total. The molecule has 2 aliphatic rings. The van der Waals surface area contributed by atoms with Crippen LogP contribution in [-0.2, 0) is 4.79 Å². The largest absolute Gasteiger partial charge is 0.314 e. The molecule has 1 unspecified atom stereocenters. The standard InChI is InChI=1S/C10H17N3O2S/c1-8(6-12-4-2-11-3-5-12)13-9(14)7-16-10(13)15/h8,11H,2-7H2,1H3. The van der Waals surface area contributed by atoms with Crippen molar-refractivity contribution in [3.63, 3.8) is 0 Å². The Labute approximate surface area is 99.5 Å². The molecule has 16 heavy (non-hydrogen) atoms. The average molecular weight is 243 g/mol. The minimum Gasteiger partial charge on any atom is -0.314 e. The van der Waals surface area contributed by atoms with Crippen molar-refractivity contribution >= 4 is 22.9 Å². The lowest BCUT2D eigenvalue weighted by atomic mass is 10.2. The summed E-state index contributed by atoms with van der Waals surface area (Å²) in [6.45, 7) is 6.71. The molecule has 0 aliphatic carbocycles. The topological polar surface area (TPSA) is 52.6 Å². The molecular formula is C10H17N3O2S. The first kappa shape index (κ1) is 11.9. The van der Waals surface area contributed by atoms with E-state index in [1.54, 1.807) is 0 Å². The summed E-state index contributed by atoms with van der Waals surface area (Å²) in [5, 5.41) is 3.19. The molecule has 0 aromatic heterocycles. The van der Waals surface area contributed by atoms with Crippen LogP contribution in [0.3, 0.4) is 0 Å². The van der Waals surface area contributed by atoms with Gasteiger partial charge in [0.25, 0.3) is 5.24 Å². The summed E-state index contributed by atoms with van der Waals surface area (Å²) in [5.74, 6) is 0.266. The van der Waals surface area contributed by atoms with Gasteiger partial charge in [0.2, 0.25) is 5.91 Å². The second-order valence-electron chi connectivity index (χ2n) is 4.22. The lowest BCUT2D eigenvalue weighted by Gasteiger charge is -2.32. The summed E-state index contributed by atoms with van der Waals surface area (Å²) in [7, 11) is 0. The molecule has 1 atom stereocenters. The number of rotatable bonds is 3. The lowest BCUT2D eigenvalue weighted by Crippen LogP contribution is -2.50. The molecule has 6 heteroatoms. The molecule has 0 bridgehead atoms. The van der Waals surface area contributed by atoms with Crippen molar-refractivity contribution in [1.82, 2.24) is 15.1 Å². The molecule has 2 fully saturated rings. The Kier molecular flexibility index (Phi) is 3.83. The van der Waals surface area contributed by atoms with E-state index in [1.165, 1.54) is 4.90 Å². The molecule has 0 saturated carbocycles. The fraction of sp³-hybridized carbons (Fsp3) is 0.800. The van der Waals surface area contributed by atoms with Crippen LogP contribution in [0.2, 0.25) is 0 Å². The fourth-order valence-electron chi connectivity index (χ4n) is 2.14. The van der Waals surface area contributed by atoms with E-state index in [-0.39, 0.29) is 17.2 Å². The van der Waals surface area contributed by atoms with Gasteiger partial charge in [0.1, 0.15) is 0 Å². The molecule has 2 saturated heterocycles. The Balaban J connectivity index is 1.88. The van der Waals surface area contributed by atoms with Gasteiger partial charge in [-0.3, -0.25) is 19.4 Å². The van der Waals surface area contributed by atoms with Crippen molar-refractivity contribution in [2.75, 3.05) is 38.5 Å². The molecule has 2 heterocycles. The normalized spacial score (nSPS) is 25.2. The summed E-state index contributed by atoms with van der Waals surface area (Å²) in [5.41, 5.74) is 0. The molecule has 0 aromatic rings. The molecule has 1 N–H and O–H groups in total. The van der Waals surface area contributed by atoms with E-state index in [2.05, 4.69) is 10.2 Å². The van der Waals surface area contributed by atoms with Crippen LogP contribution in [-0.4, -0.2) is 65.5 Å². The molecule has 90 valence electrons. The van der Waals surface area contributed by atoms with Crippen molar-refractivity contribution in [2.45, 2.75) is 13.0 Å². The highest BCUT2D eigenvalue weighted by molar-refractivity contribution is 8.14. The van der Waals surface area contributed by atoms with Gasteiger partial charge < -0.3 is 5.32 Å². The molecule has 0 radical (unpaired) electrons. The van der Waals surface area contributed by atoms with Crippen LogP contribution in [0.5, 0.6) is 0 Å². The van der Waals surface area contributed by atoms with Gasteiger partial charge in [-0.25, -0.2) is 0 Å². The number of carbonyl (C=O) groups is 2. The Bertz CT molecular complexity index is 276. The van der Waals surface area contributed by atoms with Crippen molar-refractivity contribution in [3.05, 3.63) is 0 Å². The summed E-state index contributed by atoms with van der Waals surface area (Å²) in [6.07, 6.45) is 0. The number of hydrogen-bond acceptors (Lipinski definition) is 5. The Morgan fingerprint density at radius 1 is 1.38 bits per heavy atom. The lowest BCUT2D eigenvalue weighted by molar-refractivity contribution is -0.126. The quantitative estimate of drug-likeness (QED) is 0.755. The number of piperazine rings is 1. The second-order valence-corrected chi connectivity index (χ2v) is 5.14. The van der Waals surface area contributed by atoms with Crippen molar-refractivity contribution in [1.29, 1.82) is 0 Å². The molecule has 2 amide bonds. The van der Waals surface area contributed by atoms with E-state index in [0.717, 1.165) is 44.5 Å². The smallest absolute Gasteiger partial charge is 0.289 e. The van der Waals surface area contributed by atoms with E-state index in [1.807, 2.05) is 6.92 Å². The number of nitrogens with zero attached hydrogens (tertiary/aromatic N) is 2. The summed E-state index contributed by atoms with van der Waals surface area (Å²) in [4.78, 5) is 26.7. The van der Waals surface area contributed by atoms with Gasteiger partial charge in [0, 0.05) is 32.7 Å². The van der Waals surface area contributed by atoms with E-state index >= 15 is 0 Å². The van der Waals surface area contributed by atoms with E-state index in [4.69, 9.17) is 0 Å². The summed E-state index contributed by atoms with van der Waals surface area (Å²) >= 11 is 1.11. The first-order valence-corrected chi connectivity index (χ1v) is 6.59. The van der Waals surface area contributed by atoms with Crippen molar-refractivity contribution in [2.24, 2.45) is 0 Å². The van der Waals surface area contributed by atoms with Gasteiger partial charge in [-0.15, -0.1) is 0 Å². The van der Waals surface area contributed by atoms with E-state index in [0.29, 0.717) is 5.75 Å². The van der Waals surface area contributed by atoms with Gasteiger partial charge in [-0.1, -0.05) is 11.8 Å². The Morgan fingerprint density at radius 3 is 2.62 bits per heavy atom. The third-order valence-electron chi connectivity index (χ3n) is 2.96. The summed E-state index contributed by atoms with van der Waals surface area (Å²) in [6, 6.07) is -0.00639. The van der Waals surface area contributed by atoms with Crippen LogP contribution in [0.15, 0.2) is 0 Å². The number of imide groups is 1. The molecule has 0 aromatic carbocycles. The highest BCUT2D eigenvalue weighted by Gasteiger charge is 2.34. The maximum Gasteiger partial charge on any atom is 0.289 e. The SMILES string of the molecule is CC(CN1CCNCC1)N1C(=O)CSC1=O. The fourth-order valence-corrected chi connectivity index (χ4v) is 2.95. The number of hydrogen-bond donors (Lipinski definition) is 1. The first-order chi connectivity index (χ1) is 7.68. The van der Waals surface area contributed by atoms with Crippen LogP contribution in [0.1, 0.15) is 6.92 Å². The molecular weight excluding hydrogens is 226 g/mol. The minimum atomic E-state index is -0.0902. The van der Waals surface area contributed by atoms with Crippen LogP contribution in [0, 0.1) is 0 Å². The number of amides is 2. The Hall–Kier alpha value is -0.590. The third kappa shape index (κ3) is 2.56. The zero-order valence-electron chi connectivity index (χ0n) is 9.44. The molecule has 2 rings (SSSR count). The third-order valence-corrected chi connectivity index (χ3v) is 3.79. The summed E-state index contributed by atoms with van der Waals surface area (Å²) < 4.78 is 0. The van der Waals surface area contributed by atoms with Gasteiger partial charge in [0.05, 0.1) is 11.8 Å². The number of nitrogens with one attached hydrogen (secondary N) is 1. The average Bonchev–Trinajstić information content (AvgIpc) is 2.60. The number of thioether (sulfide) groups is 1. The molecule has 2 aliphatic heterocycles. The molecule has 0 spiro atoms. The van der Waals surface area contributed by atoms with Gasteiger partial charge >= 0.3 is 0 Å². The predicted molar refractivity (Wildman–Crippen MR) is 63.5 cm³/mol. The monoisotopic (exact) mass is 243 g/mol. The van der Waals surface area contributed by atoms with Gasteiger partial charge in [-0.2, -0.15) is 0 Å². The second kappa shape index (κ2) is 5.16. The van der Waals surface area contributed by atoms with Crippen LogP contribution < -0.4 is 5.32 Å². The Morgan fingerprint density at radius 2 is 2.06 bits per heavy atom. The van der Waals surface area contributed by atoms with Crippen LogP contribution in [0.25, 0.3) is 0 Å².